The van der Waals surface area contributed by atoms with Crippen LogP contribution in [0.25, 0.3) is 0 Å². The Morgan fingerprint density at radius 2 is 1.88 bits per heavy atom. The van der Waals surface area contributed by atoms with E-state index in [1.54, 1.807) is 12.1 Å². The largest absolute Gasteiger partial charge is 0.481 e. The molecule has 2 aromatic rings. The summed E-state index contributed by atoms with van der Waals surface area (Å²) in [7, 11) is 0. The van der Waals surface area contributed by atoms with E-state index in [0.29, 0.717) is 23.1 Å². The summed E-state index contributed by atoms with van der Waals surface area (Å²) < 4.78 is 5.91. The first-order valence-corrected chi connectivity index (χ1v) is 9.78. The number of ether oxygens (including phenoxy) is 1. The highest BCUT2D eigenvalue weighted by Gasteiger charge is 2.28. The summed E-state index contributed by atoms with van der Waals surface area (Å²) in [6, 6.07) is 17.8. The molecule has 0 N–H and O–H groups in total. The molecular weight excluding hydrogens is 346 g/mol. The van der Waals surface area contributed by atoms with Crippen molar-refractivity contribution in [2.24, 2.45) is 5.92 Å². The second kappa shape index (κ2) is 9.09. The SMILES string of the molecule is CC[C@H](Oc1cccc(Cl)c1)C(=O)N1CCC(Cc2ccccc2)CC1. The van der Waals surface area contributed by atoms with Gasteiger partial charge in [0, 0.05) is 18.1 Å². The van der Waals surface area contributed by atoms with Crippen LogP contribution in [0.4, 0.5) is 0 Å². The minimum atomic E-state index is -0.445. The van der Waals surface area contributed by atoms with Crippen molar-refractivity contribution in [2.45, 2.75) is 38.7 Å². The molecule has 1 heterocycles. The topological polar surface area (TPSA) is 29.5 Å². The molecule has 0 spiro atoms. The van der Waals surface area contributed by atoms with Gasteiger partial charge in [0.15, 0.2) is 6.10 Å². The van der Waals surface area contributed by atoms with E-state index in [2.05, 4.69) is 30.3 Å². The monoisotopic (exact) mass is 371 g/mol. The van der Waals surface area contributed by atoms with E-state index < -0.39 is 6.10 Å². The Morgan fingerprint density at radius 1 is 1.15 bits per heavy atom. The van der Waals surface area contributed by atoms with Gasteiger partial charge in [-0.2, -0.15) is 0 Å². The smallest absolute Gasteiger partial charge is 0.263 e. The van der Waals surface area contributed by atoms with Gasteiger partial charge in [0.2, 0.25) is 0 Å². The highest BCUT2D eigenvalue weighted by atomic mass is 35.5. The van der Waals surface area contributed by atoms with Crippen LogP contribution >= 0.6 is 11.6 Å². The fraction of sp³-hybridized carbons (Fsp3) is 0.409. The summed E-state index contributed by atoms with van der Waals surface area (Å²) >= 11 is 6.01. The fourth-order valence-corrected chi connectivity index (χ4v) is 3.70. The van der Waals surface area contributed by atoms with Gasteiger partial charge < -0.3 is 9.64 Å². The van der Waals surface area contributed by atoms with Crippen LogP contribution < -0.4 is 4.74 Å². The zero-order valence-electron chi connectivity index (χ0n) is 15.2. The molecule has 1 saturated heterocycles. The predicted octanol–water partition coefficient (Wildman–Crippen LogP) is 4.98. The van der Waals surface area contributed by atoms with Crippen LogP contribution in [0.5, 0.6) is 5.75 Å². The van der Waals surface area contributed by atoms with Crippen molar-refractivity contribution in [3.05, 3.63) is 65.2 Å². The van der Waals surface area contributed by atoms with Gasteiger partial charge in [-0.1, -0.05) is 54.9 Å². The Labute approximate surface area is 160 Å². The summed E-state index contributed by atoms with van der Waals surface area (Å²) in [6.07, 6.45) is 3.40. The van der Waals surface area contributed by atoms with Crippen LogP contribution in [-0.2, 0) is 11.2 Å². The lowest BCUT2D eigenvalue weighted by atomic mass is 9.90. The zero-order valence-corrected chi connectivity index (χ0v) is 16.0. The van der Waals surface area contributed by atoms with Gasteiger partial charge in [0.05, 0.1) is 0 Å². The molecule has 26 heavy (non-hydrogen) atoms. The van der Waals surface area contributed by atoms with Crippen LogP contribution in [-0.4, -0.2) is 30.0 Å². The minimum Gasteiger partial charge on any atom is -0.481 e. The zero-order chi connectivity index (χ0) is 18.4. The van der Waals surface area contributed by atoms with Crippen molar-refractivity contribution in [1.29, 1.82) is 0 Å². The number of amides is 1. The molecule has 0 unspecified atom stereocenters. The Balaban J connectivity index is 1.53. The lowest BCUT2D eigenvalue weighted by Gasteiger charge is -2.34. The Morgan fingerprint density at radius 3 is 2.54 bits per heavy atom. The van der Waals surface area contributed by atoms with Crippen molar-refractivity contribution >= 4 is 17.5 Å². The highest BCUT2D eigenvalue weighted by molar-refractivity contribution is 6.30. The number of halogens is 1. The molecule has 0 radical (unpaired) electrons. The molecule has 0 aromatic heterocycles. The van der Waals surface area contributed by atoms with Gasteiger partial charge in [0.25, 0.3) is 5.91 Å². The lowest BCUT2D eigenvalue weighted by Crippen LogP contribution is -2.45. The Kier molecular flexibility index (Phi) is 6.56. The predicted molar refractivity (Wildman–Crippen MR) is 106 cm³/mol. The van der Waals surface area contributed by atoms with E-state index in [1.807, 2.05) is 24.0 Å². The van der Waals surface area contributed by atoms with E-state index in [9.17, 15) is 4.79 Å². The molecule has 0 saturated carbocycles. The number of piperidine rings is 1. The minimum absolute atomic E-state index is 0.0886. The molecule has 2 aromatic carbocycles. The molecule has 0 bridgehead atoms. The first-order chi connectivity index (χ1) is 12.7. The van der Waals surface area contributed by atoms with E-state index >= 15 is 0 Å². The van der Waals surface area contributed by atoms with Crippen LogP contribution in [0.2, 0.25) is 5.02 Å². The first kappa shape index (κ1) is 18.8. The van der Waals surface area contributed by atoms with Crippen LogP contribution in [0, 0.1) is 5.92 Å². The number of rotatable bonds is 6. The van der Waals surface area contributed by atoms with Crippen LogP contribution in [0.3, 0.4) is 0 Å². The number of benzene rings is 2. The standard InChI is InChI=1S/C22H26ClNO2/c1-2-21(26-20-10-6-9-19(23)16-20)22(25)24-13-11-18(12-14-24)15-17-7-4-3-5-8-17/h3-10,16,18,21H,2,11-15H2,1H3/t21-/m0/s1. The molecule has 1 fully saturated rings. The van der Waals surface area contributed by atoms with Gasteiger partial charge in [-0.3, -0.25) is 4.79 Å². The van der Waals surface area contributed by atoms with Crippen LogP contribution in [0.15, 0.2) is 54.6 Å². The van der Waals surface area contributed by atoms with Crippen molar-refractivity contribution in [3.63, 3.8) is 0 Å². The summed E-state index contributed by atoms with van der Waals surface area (Å²) in [4.78, 5) is 14.8. The number of carbonyl (C=O) groups is 1. The quantitative estimate of drug-likeness (QED) is 0.716. The molecule has 4 heteroatoms. The third kappa shape index (κ3) is 5.01. The summed E-state index contributed by atoms with van der Waals surface area (Å²) in [5, 5.41) is 0.617. The van der Waals surface area contributed by atoms with Gasteiger partial charge in [0.1, 0.15) is 5.75 Å². The van der Waals surface area contributed by atoms with Crippen molar-refractivity contribution in [3.8, 4) is 5.75 Å². The van der Waals surface area contributed by atoms with Gasteiger partial charge in [-0.15, -0.1) is 0 Å². The maximum absolute atomic E-state index is 12.9. The maximum Gasteiger partial charge on any atom is 0.263 e. The number of hydrogen-bond acceptors (Lipinski definition) is 2. The second-order valence-electron chi connectivity index (χ2n) is 6.93. The molecule has 138 valence electrons. The van der Waals surface area contributed by atoms with Crippen LogP contribution in [0.1, 0.15) is 31.7 Å². The number of hydrogen-bond donors (Lipinski definition) is 0. The second-order valence-corrected chi connectivity index (χ2v) is 7.37. The molecular formula is C22H26ClNO2. The van der Waals surface area contributed by atoms with Crippen molar-refractivity contribution in [1.82, 2.24) is 4.90 Å². The number of carbonyl (C=O) groups excluding carboxylic acids is 1. The molecule has 1 amide bonds. The van der Waals surface area contributed by atoms with E-state index in [0.717, 1.165) is 32.4 Å². The van der Waals surface area contributed by atoms with Gasteiger partial charge in [-0.25, -0.2) is 0 Å². The molecule has 1 aliphatic heterocycles. The Bertz CT molecular complexity index is 711. The molecule has 1 atom stereocenters. The van der Waals surface area contributed by atoms with Gasteiger partial charge in [-0.05, 0) is 55.4 Å². The number of likely N-dealkylation sites (tertiary alicyclic amines) is 1. The third-order valence-electron chi connectivity index (χ3n) is 5.01. The summed E-state index contributed by atoms with van der Waals surface area (Å²) in [5.41, 5.74) is 1.38. The fourth-order valence-electron chi connectivity index (χ4n) is 3.52. The molecule has 0 aliphatic carbocycles. The molecule has 3 nitrogen and oxygen atoms in total. The summed E-state index contributed by atoms with van der Waals surface area (Å²) in [5.74, 6) is 1.39. The first-order valence-electron chi connectivity index (χ1n) is 9.40. The van der Waals surface area contributed by atoms with Crippen molar-refractivity contribution < 1.29 is 9.53 Å². The van der Waals surface area contributed by atoms with Gasteiger partial charge >= 0.3 is 0 Å². The average molecular weight is 372 g/mol. The molecule has 3 rings (SSSR count). The number of nitrogens with zero attached hydrogens (tertiary/aromatic N) is 1. The van der Waals surface area contributed by atoms with E-state index in [1.165, 1.54) is 5.56 Å². The molecule has 1 aliphatic rings. The van der Waals surface area contributed by atoms with E-state index in [-0.39, 0.29) is 5.91 Å². The highest BCUT2D eigenvalue weighted by Crippen LogP contribution is 2.24. The Hall–Kier alpha value is -2.00. The lowest BCUT2D eigenvalue weighted by molar-refractivity contribution is -0.140. The third-order valence-corrected chi connectivity index (χ3v) is 5.25. The van der Waals surface area contributed by atoms with E-state index in [4.69, 9.17) is 16.3 Å². The van der Waals surface area contributed by atoms with Crippen molar-refractivity contribution in [2.75, 3.05) is 13.1 Å². The normalized spacial score (nSPS) is 16.3. The maximum atomic E-state index is 12.9. The summed E-state index contributed by atoms with van der Waals surface area (Å²) in [6.45, 7) is 3.60. The average Bonchev–Trinajstić information content (AvgIpc) is 2.67.